The van der Waals surface area contributed by atoms with Gasteiger partial charge in [0, 0.05) is 18.2 Å². The van der Waals surface area contributed by atoms with Gasteiger partial charge in [0.1, 0.15) is 12.2 Å². The molecule has 0 spiro atoms. The van der Waals surface area contributed by atoms with Gasteiger partial charge in [0.25, 0.3) is 0 Å². The molecule has 7 nitrogen and oxygen atoms in total. The Balaban J connectivity index is 1.68. The summed E-state index contributed by atoms with van der Waals surface area (Å²) in [4.78, 5) is 4.17. The number of hydrogen-bond donors (Lipinski definition) is 3. The van der Waals surface area contributed by atoms with Crippen molar-refractivity contribution in [3.8, 4) is 6.01 Å². The van der Waals surface area contributed by atoms with Crippen LogP contribution in [0.3, 0.4) is 0 Å². The normalized spacial score (nSPS) is 28.3. The number of fused-ring (bicyclic) bond motifs is 3. The van der Waals surface area contributed by atoms with Crippen molar-refractivity contribution in [1.29, 1.82) is 5.41 Å². The van der Waals surface area contributed by atoms with Gasteiger partial charge in [-0.25, -0.2) is 0 Å². The molecule has 7 heteroatoms. The third-order valence-electron chi connectivity index (χ3n) is 4.27. The zero-order valence-electron chi connectivity index (χ0n) is 12.3. The number of aromatic nitrogens is 2. The molecular formula is C16H17N3O4. The second-order valence-corrected chi connectivity index (χ2v) is 5.79. The SMILES string of the molecule is N=c1nc2n(cc1Cc1ccccc1)[C@@H]1O[C@H](CO)[C@@H](O)[C@@H]1O2. The van der Waals surface area contributed by atoms with Gasteiger partial charge < -0.3 is 19.7 Å². The number of aliphatic hydroxyl groups excluding tert-OH is 2. The van der Waals surface area contributed by atoms with Crippen LogP contribution in [0.1, 0.15) is 17.4 Å². The quantitative estimate of drug-likeness (QED) is 0.738. The molecule has 2 aromatic rings. The Hall–Kier alpha value is -2.22. The number of nitrogens with one attached hydrogen (secondary N) is 1. The molecule has 0 bridgehead atoms. The standard InChI is InChI=1S/C16H17N3O4/c17-14-10(6-9-4-2-1-3-5-9)7-19-15-13(23-16(19)18-14)12(21)11(8-20)22-15/h1-5,7,11-13,15,17,20-21H,6,8H2/t11-,12-,13+,15-/m1/s1. The molecule has 1 aromatic heterocycles. The Labute approximate surface area is 132 Å². The minimum atomic E-state index is -0.918. The van der Waals surface area contributed by atoms with Crippen LogP contribution in [0.25, 0.3) is 0 Å². The number of rotatable bonds is 3. The molecule has 4 atom stereocenters. The van der Waals surface area contributed by atoms with Crippen molar-refractivity contribution in [2.45, 2.75) is 31.0 Å². The summed E-state index contributed by atoms with van der Waals surface area (Å²) in [5.41, 5.74) is 1.97. The molecule has 120 valence electrons. The van der Waals surface area contributed by atoms with E-state index in [4.69, 9.17) is 14.9 Å². The smallest absolute Gasteiger partial charge is 0.301 e. The summed E-state index contributed by atoms with van der Waals surface area (Å²) in [7, 11) is 0. The van der Waals surface area contributed by atoms with E-state index in [1.165, 1.54) is 0 Å². The average Bonchev–Trinajstić information content (AvgIpc) is 3.05. The maximum Gasteiger partial charge on any atom is 0.301 e. The predicted octanol–water partition coefficient (Wildman–Crippen LogP) is -0.0350. The minimum absolute atomic E-state index is 0.147. The predicted molar refractivity (Wildman–Crippen MR) is 78.7 cm³/mol. The summed E-state index contributed by atoms with van der Waals surface area (Å²) >= 11 is 0. The van der Waals surface area contributed by atoms with Gasteiger partial charge in [0.2, 0.25) is 0 Å². The Kier molecular flexibility index (Phi) is 3.41. The van der Waals surface area contributed by atoms with E-state index in [0.717, 1.165) is 11.1 Å². The Morgan fingerprint density at radius 2 is 2.04 bits per heavy atom. The van der Waals surface area contributed by atoms with Crippen molar-refractivity contribution in [2.75, 3.05) is 6.61 Å². The zero-order chi connectivity index (χ0) is 16.0. The lowest BCUT2D eigenvalue weighted by atomic mass is 10.1. The van der Waals surface area contributed by atoms with E-state index in [1.54, 1.807) is 10.8 Å². The first-order valence-electron chi connectivity index (χ1n) is 7.49. The van der Waals surface area contributed by atoms with Crippen LogP contribution in [0.5, 0.6) is 6.01 Å². The van der Waals surface area contributed by atoms with Crippen molar-refractivity contribution in [3.63, 3.8) is 0 Å². The molecule has 1 saturated heterocycles. The molecule has 23 heavy (non-hydrogen) atoms. The zero-order valence-corrected chi connectivity index (χ0v) is 12.3. The number of aliphatic hydroxyl groups is 2. The fourth-order valence-corrected chi connectivity index (χ4v) is 3.07. The van der Waals surface area contributed by atoms with Crippen LogP contribution in [0.2, 0.25) is 0 Å². The highest BCUT2D eigenvalue weighted by Gasteiger charge is 2.50. The van der Waals surface area contributed by atoms with E-state index >= 15 is 0 Å². The summed E-state index contributed by atoms with van der Waals surface area (Å²) in [6.07, 6.45) is -0.353. The number of ether oxygens (including phenoxy) is 2. The molecule has 1 aromatic carbocycles. The van der Waals surface area contributed by atoms with Crippen LogP contribution in [0.15, 0.2) is 36.5 Å². The third-order valence-corrected chi connectivity index (χ3v) is 4.27. The van der Waals surface area contributed by atoms with Crippen LogP contribution in [-0.2, 0) is 11.2 Å². The molecule has 4 rings (SSSR count). The Bertz CT molecular complexity index is 777. The third kappa shape index (κ3) is 2.33. The van der Waals surface area contributed by atoms with Crippen LogP contribution < -0.4 is 10.2 Å². The van der Waals surface area contributed by atoms with Gasteiger partial charge in [-0.05, 0) is 5.56 Å². The van der Waals surface area contributed by atoms with Crippen molar-refractivity contribution in [2.24, 2.45) is 0 Å². The second kappa shape index (κ2) is 5.45. The fraction of sp³-hybridized carbons (Fsp3) is 0.375. The molecule has 3 N–H and O–H groups in total. The largest absolute Gasteiger partial charge is 0.454 e. The van der Waals surface area contributed by atoms with Crippen molar-refractivity contribution in [3.05, 3.63) is 53.1 Å². The first-order chi connectivity index (χ1) is 11.2. The van der Waals surface area contributed by atoms with Gasteiger partial charge >= 0.3 is 6.01 Å². The number of nitrogens with zero attached hydrogens (tertiary/aromatic N) is 2. The van der Waals surface area contributed by atoms with Gasteiger partial charge in [-0.15, -0.1) is 0 Å². The Morgan fingerprint density at radius 3 is 2.78 bits per heavy atom. The van der Waals surface area contributed by atoms with Gasteiger partial charge in [0.15, 0.2) is 17.8 Å². The summed E-state index contributed by atoms with van der Waals surface area (Å²) in [5.74, 6) is 0. The summed E-state index contributed by atoms with van der Waals surface area (Å²) in [6.45, 7) is -0.270. The lowest BCUT2D eigenvalue weighted by molar-refractivity contribution is -0.0435. The monoisotopic (exact) mass is 315 g/mol. The molecule has 0 amide bonds. The molecule has 0 unspecified atom stereocenters. The van der Waals surface area contributed by atoms with Crippen molar-refractivity contribution < 1.29 is 19.7 Å². The highest BCUT2D eigenvalue weighted by Crippen LogP contribution is 2.38. The lowest BCUT2D eigenvalue weighted by Crippen LogP contribution is -2.34. The molecule has 1 fully saturated rings. The maximum atomic E-state index is 10.1. The van der Waals surface area contributed by atoms with Crippen LogP contribution >= 0.6 is 0 Å². The highest BCUT2D eigenvalue weighted by atomic mass is 16.6. The van der Waals surface area contributed by atoms with Crippen LogP contribution in [0, 0.1) is 5.41 Å². The molecular weight excluding hydrogens is 298 g/mol. The topological polar surface area (TPSA) is 101 Å². The molecule has 3 heterocycles. The van der Waals surface area contributed by atoms with Gasteiger partial charge in [-0.3, -0.25) is 9.98 Å². The van der Waals surface area contributed by atoms with E-state index in [9.17, 15) is 10.2 Å². The summed E-state index contributed by atoms with van der Waals surface area (Å²) in [6, 6.07) is 10.1. The first-order valence-corrected chi connectivity index (χ1v) is 7.49. The number of benzene rings is 1. The highest BCUT2D eigenvalue weighted by molar-refractivity contribution is 5.24. The van der Waals surface area contributed by atoms with E-state index < -0.39 is 24.5 Å². The average molecular weight is 315 g/mol. The van der Waals surface area contributed by atoms with Gasteiger partial charge in [-0.2, -0.15) is 4.98 Å². The molecule has 2 aliphatic rings. The van der Waals surface area contributed by atoms with Gasteiger partial charge in [-0.1, -0.05) is 30.3 Å². The lowest BCUT2D eigenvalue weighted by Gasteiger charge is -2.15. The van der Waals surface area contributed by atoms with E-state index in [-0.39, 0.29) is 18.1 Å². The minimum Gasteiger partial charge on any atom is -0.454 e. The molecule has 2 aliphatic heterocycles. The van der Waals surface area contributed by atoms with Crippen molar-refractivity contribution in [1.82, 2.24) is 9.55 Å². The van der Waals surface area contributed by atoms with E-state index in [1.807, 2.05) is 30.3 Å². The molecule has 0 saturated carbocycles. The molecule has 0 radical (unpaired) electrons. The fourth-order valence-electron chi connectivity index (χ4n) is 3.07. The summed E-state index contributed by atoms with van der Waals surface area (Å²) in [5, 5.41) is 27.4. The van der Waals surface area contributed by atoms with E-state index in [0.29, 0.717) is 6.42 Å². The Morgan fingerprint density at radius 1 is 1.26 bits per heavy atom. The van der Waals surface area contributed by atoms with Crippen molar-refractivity contribution >= 4 is 0 Å². The van der Waals surface area contributed by atoms with Crippen LogP contribution in [-0.4, -0.2) is 44.7 Å². The van der Waals surface area contributed by atoms with Gasteiger partial charge in [0.05, 0.1) is 6.61 Å². The van der Waals surface area contributed by atoms with E-state index in [2.05, 4.69) is 4.98 Å². The maximum absolute atomic E-state index is 10.1. The van der Waals surface area contributed by atoms with Crippen LogP contribution in [0.4, 0.5) is 0 Å². The number of hydrogen-bond acceptors (Lipinski definition) is 6. The second-order valence-electron chi connectivity index (χ2n) is 5.79. The summed E-state index contributed by atoms with van der Waals surface area (Å²) < 4.78 is 13.0. The first kappa shape index (κ1) is 14.4. The molecule has 0 aliphatic carbocycles.